The lowest BCUT2D eigenvalue weighted by atomic mass is 9.88. The Hall–Kier alpha value is -0.900. The van der Waals surface area contributed by atoms with Gasteiger partial charge >= 0.3 is 0 Å². The fourth-order valence-electron chi connectivity index (χ4n) is 2.14. The van der Waals surface area contributed by atoms with Crippen molar-refractivity contribution >= 4 is 22.6 Å². The Bertz CT molecular complexity index is 467. The largest absolute Gasteiger partial charge is 0.264 e. The van der Waals surface area contributed by atoms with Gasteiger partial charge in [-0.15, -0.1) is 0 Å². The summed E-state index contributed by atoms with van der Waals surface area (Å²) in [5.74, 6) is 0.474. The van der Waals surface area contributed by atoms with Crippen LogP contribution in [0.1, 0.15) is 29.0 Å². The Labute approximate surface area is 116 Å². The number of hydrogen-bond acceptors (Lipinski definition) is 1. The van der Waals surface area contributed by atoms with Gasteiger partial charge in [0.1, 0.15) is 0 Å². The van der Waals surface area contributed by atoms with Crippen molar-refractivity contribution in [3.05, 3.63) is 65.5 Å². The summed E-state index contributed by atoms with van der Waals surface area (Å²) in [4.78, 5) is 4.27. The summed E-state index contributed by atoms with van der Waals surface area (Å²) in [5, 5.41) is 0. The van der Waals surface area contributed by atoms with Crippen LogP contribution in [0.3, 0.4) is 0 Å². The summed E-state index contributed by atoms with van der Waals surface area (Å²) in [5.41, 5.74) is 4.08. The monoisotopic (exact) mass is 337 g/mol. The van der Waals surface area contributed by atoms with E-state index in [4.69, 9.17) is 0 Å². The van der Waals surface area contributed by atoms with Crippen LogP contribution in [0, 0.1) is 6.92 Å². The van der Waals surface area contributed by atoms with Crippen molar-refractivity contribution in [2.24, 2.45) is 0 Å². The third-order valence-electron chi connectivity index (χ3n) is 3.05. The van der Waals surface area contributed by atoms with Gasteiger partial charge in [-0.05, 0) is 36.1 Å². The van der Waals surface area contributed by atoms with E-state index in [1.807, 2.05) is 12.4 Å². The minimum atomic E-state index is 0.474. The van der Waals surface area contributed by atoms with E-state index < -0.39 is 0 Å². The van der Waals surface area contributed by atoms with Crippen LogP contribution in [0.4, 0.5) is 0 Å². The fraction of sp³-hybridized carbons (Fsp3) is 0.267. The molecule has 17 heavy (non-hydrogen) atoms. The number of rotatable bonds is 4. The lowest BCUT2D eigenvalue weighted by Gasteiger charge is -2.18. The van der Waals surface area contributed by atoms with Crippen molar-refractivity contribution in [1.29, 1.82) is 0 Å². The molecule has 0 N–H and O–H groups in total. The summed E-state index contributed by atoms with van der Waals surface area (Å²) in [6.45, 7) is 2.17. The van der Waals surface area contributed by atoms with Crippen LogP contribution in [0.25, 0.3) is 0 Å². The summed E-state index contributed by atoms with van der Waals surface area (Å²) >= 11 is 2.45. The second-order valence-corrected chi connectivity index (χ2v) is 5.25. The van der Waals surface area contributed by atoms with Gasteiger partial charge in [0, 0.05) is 22.7 Å². The van der Waals surface area contributed by atoms with E-state index in [9.17, 15) is 0 Å². The predicted molar refractivity (Wildman–Crippen MR) is 80.8 cm³/mol. The van der Waals surface area contributed by atoms with Gasteiger partial charge in [-0.2, -0.15) is 0 Å². The lowest BCUT2D eigenvalue weighted by Crippen LogP contribution is -2.04. The van der Waals surface area contributed by atoms with E-state index in [0.717, 1.165) is 10.8 Å². The molecule has 1 aromatic heterocycles. The van der Waals surface area contributed by atoms with Crippen molar-refractivity contribution in [3.8, 4) is 0 Å². The molecule has 0 fully saturated rings. The van der Waals surface area contributed by atoms with Crippen molar-refractivity contribution < 1.29 is 0 Å². The van der Waals surface area contributed by atoms with E-state index in [-0.39, 0.29) is 0 Å². The first-order chi connectivity index (χ1) is 8.33. The molecule has 0 aliphatic rings. The van der Waals surface area contributed by atoms with E-state index in [1.165, 1.54) is 16.7 Å². The Kier molecular flexibility index (Phi) is 4.54. The van der Waals surface area contributed by atoms with Crippen molar-refractivity contribution in [2.45, 2.75) is 19.3 Å². The molecule has 0 aliphatic heterocycles. The summed E-state index contributed by atoms with van der Waals surface area (Å²) in [7, 11) is 0. The molecule has 0 saturated heterocycles. The minimum absolute atomic E-state index is 0.474. The van der Waals surface area contributed by atoms with Crippen LogP contribution in [0.5, 0.6) is 0 Å². The predicted octanol–water partition coefficient (Wildman–Crippen LogP) is 4.35. The van der Waals surface area contributed by atoms with Crippen molar-refractivity contribution in [3.63, 3.8) is 0 Å². The smallest absolute Gasteiger partial charge is 0.0308 e. The van der Waals surface area contributed by atoms with Gasteiger partial charge in [0.2, 0.25) is 0 Å². The first-order valence-corrected chi connectivity index (χ1v) is 7.37. The van der Waals surface area contributed by atoms with Gasteiger partial charge in [-0.25, -0.2) is 0 Å². The molecular weight excluding hydrogens is 321 g/mol. The summed E-state index contributed by atoms with van der Waals surface area (Å²) in [6.07, 6.45) is 5.04. The second kappa shape index (κ2) is 6.15. The van der Waals surface area contributed by atoms with Crippen LogP contribution in [-0.2, 0) is 0 Å². The number of aryl methyl sites for hydroxylation is 1. The molecule has 1 nitrogen and oxygen atoms in total. The van der Waals surface area contributed by atoms with E-state index in [0.29, 0.717) is 5.92 Å². The average Bonchev–Trinajstić information content (AvgIpc) is 2.38. The molecule has 0 saturated carbocycles. The molecule has 2 heteroatoms. The highest BCUT2D eigenvalue weighted by Crippen LogP contribution is 2.30. The van der Waals surface area contributed by atoms with Crippen LogP contribution < -0.4 is 0 Å². The Morgan fingerprint density at radius 3 is 2.59 bits per heavy atom. The number of nitrogens with zero attached hydrogens (tertiary/aromatic N) is 1. The zero-order chi connectivity index (χ0) is 12.1. The normalized spacial score (nSPS) is 12.4. The van der Waals surface area contributed by atoms with Crippen LogP contribution >= 0.6 is 22.6 Å². The van der Waals surface area contributed by atoms with Gasteiger partial charge in [-0.3, -0.25) is 4.98 Å². The number of alkyl halides is 1. The number of hydrogen-bond donors (Lipinski definition) is 0. The first kappa shape index (κ1) is 12.6. The highest BCUT2D eigenvalue weighted by atomic mass is 127. The zero-order valence-corrected chi connectivity index (χ0v) is 12.1. The van der Waals surface area contributed by atoms with Gasteiger partial charge < -0.3 is 0 Å². The molecular formula is C15H16IN. The molecule has 0 radical (unpaired) electrons. The molecule has 0 aliphatic carbocycles. The van der Waals surface area contributed by atoms with Gasteiger partial charge in [0.15, 0.2) is 0 Å². The number of halogens is 1. The molecule has 1 aromatic carbocycles. The third-order valence-corrected chi connectivity index (χ3v) is 3.68. The molecule has 1 atom stereocenters. The maximum absolute atomic E-state index is 4.27. The first-order valence-electron chi connectivity index (χ1n) is 5.84. The molecule has 88 valence electrons. The lowest BCUT2D eigenvalue weighted by molar-refractivity contribution is 0.781. The highest BCUT2D eigenvalue weighted by Gasteiger charge is 2.15. The highest BCUT2D eigenvalue weighted by molar-refractivity contribution is 14.1. The molecule has 1 heterocycles. The molecule has 0 bridgehead atoms. The molecule has 2 rings (SSSR count). The van der Waals surface area contributed by atoms with E-state index >= 15 is 0 Å². The number of aromatic nitrogens is 1. The van der Waals surface area contributed by atoms with Gasteiger partial charge in [-0.1, -0.05) is 52.9 Å². The summed E-state index contributed by atoms with van der Waals surface area (Å²) in [6, 6.07) is 12.8. The topological polar surface area (TPSA) is 12.9 Å². The summed E-state index contributed by atoms with van der Waals surface area (Å²) < 4.78 is 1.16. The molecule has 0 spiro atoms. The second-order valence-electron chi connectivity index (χ2n) is 4.17. The Morgan fingerprint density at radius 1 is 1.18 bits per heavy atom. The van der Waals surface area contributed by atoms with E-state index in [2.05, 4.69) is 70.9 Å². The van der Waals surface area contributed by atoms with E-state index in [1.54, 1.807) is 0 Å². The van der Waals surface area contributed by atoms with Crippen molar-refractivity contribution in [1.82, 2.24) is 4.98 Å². The Balaban J connectivity index is 2.39. The molecule has 1 unspecified atom stereocenters. The standard InChI is InChI=1S/C15H16IN/c1-12-8-10-17-11-15(12)14(7-9-16)13-5-3-2-4-6-13/h2-6,8,10-11,14H,7,9H2,1H3. The molecule has 0 amide bonds. The number of pyridine rings is 1. The fourth-order valence-corrected chi connectivity index (χ4v) is 2.76. The Morgan fingerprint density at radius 2 is 1.94 bits per heavy atom. The van der Waals surface area contributed by atoms with Crippen LogP contribution in [-0.4, -0.2) is 9.41 Å². The van der Waals surface area contributed by atoms with Crippen molar-refractivity contribution in [2.75, 3.05) is 4.43 Å². The third kappa shape index (κ3) is 3.06. The minimum Gasteiger partial charge on any atom is -0.264 e. The zero-order valence-electron chi connectivity index (χ0n) is 9.94. The van der Waals surface area contributed by atoms with Gasteiger partial charge in [0.05, 0.1) is 0 Å². The number of benzene rings is 1. The average molecular weight is 337 g/mol. The maximum atomic E-state index is 4.27. The van der Waals surface area contributed by atoms with Crippen LogP contribution in [0.2, 0.25) is 0 Å². The maximum Gasteiger partial charge on any atom is 0.0308 e. The van der Waals surface area contributed by atoms with Gasteiger partial charge in [0.25, 0.3) is 0 Å². The SMILES string of the molecule is Cc1ccncc1C(CCI)c1ccccc1. The van der Waals surface area contributed by atoms with Crippen LogP contribution in [0.15, 0.2) is 48.8 Å². The quantitative estimate of drug-likeness (QED) is 0.597. The molecule has 2 aromatic rings.